The summed E-state index contributed by atoms with van der Waals surface area (Å²) in [5, 5.41) is 14.3. The highest BCUT2D eigenvalue weighted by Gasteiger charge is 1.98. The minimum atomic E-state index is -0.753. The third kappa shape index (κ3) is 3.89. The maximum Gasteiger partial charge on any atom is 0.303 e. The van der Waals surface area contributed by atoms with Gasteiger partial charge in [0.15, 0.2) is 5.13 Å². The lowest BCUT2D eigenvalue weighted by atomic mass is 10.3. The van der Waals surface area contributed by atoms with Crippen LogP contribution in [0.1, 0.15) is 18.5 Å². The molecule has 0 saturated carbocycles. The Hall–Kier alpha value is -1.10. The van der Waals surface area contributed by atoms with E-state index in [1.54, 1.807) is 0 Å². The summed E-state index contributed by atoms with van der Waals surface area (Å²) in [5.41, 5.74) is 0.991. The van der Waals surface area contributed by atoms with Gasteiger partial charge in [-0.3, -0.25) is 4.79 Å². The van der Waals surface area contributed by atoms with Crippen LogP contribution in [0.3, 0.4) is 0 Å². The molecular formula is C8H12N2O2S. The molecule has 2 N–H and O–H groups in total. The van der Waals surface area contributed by atoms with Gasteiger partial charge >= 0.3 is 5.97 Å². The highest BCUT2D eigenvalue weighted by molar-refractivity contribution is 7.13. The number of rotatable bonds is 5. The molecule has 0 aliphatic rings. The number of carboxylic acids is 1. The molecule has 0 atom stereocenters. The Bertz CT molecular complexity index is 285. The molecule has 0 bridgehead atoms. The van der Waals surface area contributed by atoms with Crippen LogP contribution in [0.4, 0.5) is 5.13 Å². The van der Waals surface area contributed by atoms with E-state index in [1.165, 1.54) is 11.3 Å². The highest BCUT2D eigenvalue weighted by Crippen LogP contribution is 2.13. The van der Waals surface area contributed by atoms with Gasteiger partial charge in [-0.2, -0.15) is 0 Å². The van der Waals surface area contributed by atoms with Crippen LogP contribution in [-0.2, 0) is 4.79 Å². The van der Waals surface area contributed by atoms with Gasteiger partial charge in [-0.05, 0) is 13.3 Å². The Morgan fingerprint density at radius 1 is 1.77 bits per heavy atom. The molecule has 0 aromatic carbocycles. The van der Waals surface area contributed by atoms with Crippen molar-refractivity contribution >= 4 is 22.4 Å². The monoisotopic (exact) mass is 200 g/mol. The molecule has 0 spiro atoms. The molecular weight excluding hydrogens is 188 g/mol. The lowest BCUT2D eigenvalue weighted by molar-refractivity contribution is -0.137. The third-order valence-electron chi connectivity index (χ3n) is 1.46. The zero-order chi connectivity index (χ0) is 9.68. The number of thiazole rings is 1. The molecule has 0 fully saturated rings. The zero-order valence-electron chi connectivity index (χ0n) is 7.41. The molecule has 4 nitrogen and oxygen atoms in total. The van der Waals surface area contributed by atoms with Gasteiger partial charge < -0.3 is 10.4 Å². The van der Waals surface area contributed by atoms with Crippen molar-refractivity contribution in [1.82, 2.24) is 4.98 Å². The molecule has 0 saturated heterocycles. The van der Waals surface area contributed by atoms with Crippen molar-refractivity contribution in [1.29, 1.82) is 0 Å². The Morgan fingerprint density at radius 3 is 3.08 bits per heavy atom. The summed E-state index contributed by atoms with van der Waals surface area (Å²) in [6.45, 7) is 2.60. The van der Waals surface area contributed by atoms with Crippen molar-refractivity contribution in [3.05, 3.63) is 11.1 Å². The Balaban J connectivity index is 2.16. The van der Waals surface area contributed by atoms with E-state index in [1.807, 2.05) is 12.3 Å². The van der Waals surface area contributed by atoms with E-state index in [-0.39, 0.29) is 6.42 Å². The Morgan fingerprint density at radius 2 is 2.54 bits per heavy atom. The van der Waals surface area contributed by atoms with E-state index in [0.717, 1.165) is 10.8 Å². The molecule has 5 heteroatoms. The Kier molecular flexibility index (Phi) is 3.70. The fraction of sp³-hybridized carbons (Fsp3) is 0.500. The van der Waals surface area contributed by atoms with Crippen LogP contribution in [0.25, 0.3) is 0 Å². The first-order chi connectivity index (χ1) is 6.18. The lowest BCUT2D eigenvalue weighted by Gasteiger charge is -1.99. The van der Waals surface area contributed by atoms with Crippen LogP contribution in [0.2, 0.25) is 0 Å². The molecule has 1 aromatic heterocycles. The van der Waals surface area contributed by atoms with Gasteiger partial charge in [-0.1, -0.05) is 0 Å². The second-order valence-corrected chi connectivity index (χ2v) is 3.58. The van der Waals surface area contributed by atoms with Crippen molar-refractivity contribution in [2.24, 2.45) is 0 Å². The minimum Gasteiger partial charge on any atom is -0.481 e. The number of nitrogens with one attached hydrogen (secondary N) is 1. The van der Waals surface area contributed by atoms with Gasteiger partial charge in [-0.15, -0.1) is 11.3 Å². The number of carbonyl (C=O) groups is 1. The summed E-state index contributed by atoms with van der Waals surface area (Å²) in [6, 6.07) is 0. The summed E-state index contributed by atoms with van der Waals surface area (Å²) in [7, 11) is 0. The third-order valence-corrected chi connectivity index (χ3v) is 2.38. The molecule has 72 valence electrons. The maximum atomic E-state index is 10.2. The molecule has 1 rings (SSSR count). The number of hydrogen-bond donors (Lipinski definition) is 2. The van der Waals surface area contributed by atoms with Gasteiger partial charge in [-0.25, -0.2) is 4.98 Å². The minimum absolute atomic E-state index is 0.206. The second kappa shape index (κ2) is 4.81. The van der Waals surface area contributed by atoms with Gasteiger partial charge in [0.05, 0.1) is 5.69 Å². The topological polar surface area (TPSA) is 62.2 Å². The van der Waals surface area contributed by atoms with E-state index in [2.05, 4.69) is 10.3 Å². The van der Waals surface area contributed by atoms with E-state index in [0.29, 0.717) is 13.0 Å². The number of carboxylic acid groups (broad SMARTS) is 1. The SMILES string of the molecule is Cc1csc(NCCCC(=O)O)n1. The van der Waals surface area contributed by atoms with Gasteiger partial charge in [0.25, 0.3) is 0 Å². The number of aliphatic carboxylic acids is 1. The van der Waals surface area contributed by atoms with Crippen molar-refractivity contribution in [3.63, 3.8) is 0 Å². The first-order valence-corrected chi connectivity index (χ1v) is 4.94. The van der Waals surface area contributed by atoms with Crippen LogP contribution in [-0.4, -0.2) is 22.6 Å². The predicted molar refractivity (Wildman–Crippen MR) is 52.2 cm³/mol. The van der Waals surface area contributed by atoms with Crippen molar-refractivity contribution in [3.8, 4) is 0 Å². The maximum absolute atomic E-state index is 10.2. The van der Waals surface area contributed by atoms with Crippen LogP contribution >= 0.6 is 11.3 Å². The van der Waals surface area contributed by atoms with E-state index in [4.69, 9.17) is 5.11 Å². The van der Waals surface area contributed by atoms with Crippen molar-refractivity contribution in [2.75, 3.05) is 11.9 Å². The van der Waals surface area contributed by atoms with Crippen molar-refractivity contribution in [2.45, 2.75) is 19.8 Å². The summed E-state index contributed by atoms with van der Waals surface area (Å²) in [6.07, 6.45) is 0.839. The smallest absolute Gasteiger partial charge is 0.303 e. The van der Waals surface area contributed by atoms with Gasteiger partial charge in [0.1, 0.15) is 0 Å². The predicted octanol–water partition coefficient (Wildman–Crippen LogP) is 1.73. The zero-order valence-corrected chi connectivity index (χ0v) is 8.23. The van der Waals surface area contributed by atoms with E-state index in [9.17, 15) is 4.79 Å². The molecule has 0 radical (unpaired) electrons. The summed E-state index contributed by atoms with van der Waals surface area (Å²) in [4.78, 5) is 14.4. The van der Waals surface area contributed by atoms with Crippen LogP contribution in [0.5, 0.6) is 0 Å². The molecule has 1 aromatic rings. The number of anilines is 1. The summed E-state index contributed by atoms with van der Waals surface area (Å²) < 4.78 is 0. The quantitative estimate of drug-likeness (QED) is 0.710. The highest BCUT2D eigenvalue weighted by atomic mass is 32.1. The largest absolute Gasteiger partial charge is 0.481 e. The fourth-order valence-electron chi connectivity index (χ4n) is 0.870. The molecule has 1 heterocycles. The van der Waals surface area contributed by atoms with Crippen LogP contribution < -0.4 is 5.32 Å². The fourth-order valence-corrected chi connectivity index (χ4v) is 1.59. The average Bonchev–Trinajstić information content (AvgIpc) is 2.45. The van der Waals surface area contributed by atoms with E-state index < -0.39 is 5.97 Å². The summed E-state index contributed by atoms with van der Waals surface area (Å²) >= 11 is 1.54. The van der Waals surface area contributed by atoms with Crippen LogP contribution in [0.15, 0.2) is 5.38 Å². The van der Waals surface area contributed by atoms with Gasteiger partial charge in [0.2, 0.25) is 0 Å². The molecule has 0 amide bonds. The Labute approximate surface area is 80.6 Å². The second-order valence-electron chi connectivity index (χ2n) is 2.72. The normalized spacial score (nSPS) is 9.92. The number of aromatic nitrogens is 1. The molecule has 0 aliphatic carbocycles. The first-order valence-electron chi connectivity index (χ1n) is 4.06. The van der Waals surface area contributed by atoms with Gasteiger partial charge in [0, 0.05) is 18.3 Å². The summed E-state index contributed by atoms with van der Waals surface area (Å²) in [5.74, 6) is -0.753. The molecule has 0 unspecified atom stereocenters. The molecule has 13 heavy (non-hydrogen) atoms. The first kappa shape index (κ1) is 9.98. The number of hydrogen-bond acceptors (Lipinski definition) is 4. The number of aryl methyl sites for hydroxylation is 1. The van der Waals surface area contributed by atoms with Crippen LogP contribution in [0, 0.1) is 6.92 Å². The van der Waals surface area contributed by atoms with Crippen molar-refractivity contribution < 1.29 is 9.90 Å². The molecule has 0 aliphatic heterocycles. The standard InChI is InChI=1S/C8H12N2O2S/c1-6-5-13-8(10-6)9-4-2-3-7(11)12/h5H,2-4H2,1H3,(H,9,10)(H,11,12). The van der Waals surface area contributed by atoms with E-state index >= 15 is 0 Å². The average molecular weight is 200 g/mol. The number of nitrogens with zero attached hydrogens (tertiary/aromatic N) is 1. The lowest BCUT2D eigenvalue weighted by Crippen LogP contribution is -2.04.